The van der Waals surface area contributed by atoms with Crippen LogP contribution in [-0.2, 0) is 4.79 Å². The van der Waals surface area contributed by atoms with Gasteiger partial charge < -0.3 is 10.0 Å². The van der Waals surface area contributed by atoms with E-state index in [-0.39, 0.29) is 0 Å². The summed E-state index contributed by atoms with van der Waals surface area (Å²) >= 11 is 0. The summed E-state index contributed by atoms with van der Waals surface area (Å²) in [7, 11) is 0. The number of carboxylic acid groups (broad SMARTS) is 1. The van der Waals surface area contributed by atoms with Gasteiger partial charge in [0.1, 0.15) is 5.54 Å². The molecule has 3 unspecified atom stereocenters. The van der Waals surface area contributed by atoms with Crippen LogP contribution in [0.1, 0.15) is 46.5 Å². The predicted molar refractivity (Wildman–Crippen MR) is 76.2 cm³/mol. The van der Waals surface area contributed by atoms with E-state index in [1.54, 1.807) is 0 Å². The second-order valence-electron chi connectivity index (χ2n) is 6.87. The van der Waals surface area contributed by atoms with Crippen LogP contribution in [0.4, 0.5) is 0 Å². The lowest BCUT2D eigenvalue weighted by atomic mass is 9.95. The van der Waals surface area contributed by atoms with Crippen molar-refractivity contribution in [1.29, 1.82) is 0 Å². The maximum absolute atomic E-state index is 11.4. The van der Waals surface area contributed by atoms with Gasteiger partial charge in [-0.1, -0.05) is 13.8 Å². The second kappa shape index (κ2) is 5.80. The molecule has 4 heteroatoms. The molecule has 2 aliphatic rings. The van der Waals surface area contributed by atoms with Gasteiger partial charge in [-0.2, -0.15) is 0 Å². The van der Waals surface area contributed by atoms with E-state index in [2.05, 4.69) is 24.1 Å². The highest BCUT2D eigenvalue weighted by Crippen LogP contribution is 2.26. The minimum atomic E-state index is -0.738. The van der Waals surface area contributed by atoms with Gasteiger partial charge in [-0.25, -0.2) is 0 Å². The molecule has 0 amide bonds. The van der Waals surface area contributed by atoms with Crippen molar-refractivity contribution >= 4 is 5.97 Å². The van der Waals surface area contributed by atoms with Crippen LogP contribution < -0.4 is 5.32 Å². The second-order valence-corrected chi connectivity index (χ2v) is 6.87. The third-order valence-corrected chi connectivity index (χ3v) is 4.79. The first kappa shape index (κ1) is 14.8. The summed E-state index contributed by atoms with van der Waals surface area (Å²) in [4.78, 5) is 13.9. The van der Waals surface area contributed by atoms with E-state index in [0.717, 1.165) is 44.1 Å². The first-order chi connectivity index (χ1) is 8.90. The number of hydrogen-bond acceptors (Lipinski definition) is 3. The Bertz CT molecular complexity index is 320. The fourth-order valence-electron chi connectivity index (χ4n) is 3.01. The molecule has 0 aromatic heterocycles. The normalized spacial score (nSPS) is 31.3. The zero-order chi connectivity index (χ0) is 14.0. The molecule has 3 atom stereocenters. The van der Waals surface area contributed by atoms with Crippen molar-refractivity contribution in [3.05, 3.63) is 0 Å². The average molecular weight is 268 g/mol. The Kier molecular flexibility index (Phi) is 4.51. The molecule has 1 aliphatic carbocycles. The molecule has 1 saturated heterocycles. The van der Waals surface area contributed by atoms with Crippen LogP contribution in [0, 0.1) is 11.8 Å². The summed E-state index contributed by atoms with van der Waals surface area (Å²) < 4.78 is 0. The lowest BCUT2D eigenvalue weighted by Crippen LogP contribution is -2.50. The van der Waals surface area contributed by atoms with E-state index < -0.39 is 11.5 Å². The number of hydrogen-bond donors (Lipinski definition) is 2. The van der Waals surface area contributed by atoms with Crippen LogP contribution >= 0.6 is 0 Å². The number of carboxylic acids is 1. The van der Waals surface area contributed by atoms with Crippen LogP contribution in [0.5, 0.6) is 0 Å². The van der Waals surface area contributed by atoms with E-state index in [1.807, 2.05) is 6.92 Å². The topological polar surface area (TPSA) is 52.6 Å². The summed E-state index contributed by atoms with van der Waals surface area (Å²) in [6.45, 7) is 9.82. The molecule has 110 valence electrons. The van der Waals surface area contributed by atoms with Crippen molar-refractivity contribution in [1.82, 2.24) is 10.2 Å². The molecule has 2 N–H and O–H groups in total. The zero-order valence-corrected chi connectivity index (χ0v) is 12.5. The third-order valence-electron chi connectivity index (χ3n) is 4.79. The van der Waals surface area contributed by atoms with Crippen molar-refractivity contribution in [3.63, 3.8) is 0 Å². The molecule has 4 nitrogen and oxygen atoms in total. The van der Waals surface area contributed by atoms with Crippen LogP contribution in [0.25, 0.3) is 0 Å². The van der Waals surface area contributed by atoms with Crippen molar-refractivity contribution in [2.75, 3.05) is 19.6 Å². The number of aliphatic carboxylic acids is 1. The molecule has 2 rings (SSSR count). The van der Waals surface area contributed by atoms with Crippen LogP contribution in [-0.4, -0.2) is 47.2 Å². The van der Waals surface area contributed by atoms with E-state index in [9.17, 15) is 9.90 Å². The predicted octanol–water partition coefficient (Wildman–Crippen LogP) is 1.95. The van der Waals surface area contributed by atoms with E-state index in [0.29, 0.717) is 6.04 Å². The highest BCUT2D eigenvalue weighted by Gasteiger charge is 2.38. The largest absolute Gasteiger partial charge is 0.480 e. The molecule has 0 radical (unpaired) electrons. The van der Waals surface area contributed by atoms with Crippen LogP contribution in [0.15, 0.2) is 0 Å². The SMILES string of the molecule is CC1CN(CCCC(C)(NC2CC2)C(=O)O)CC1C. The molecule has 0 bridgehead atoms. The van der Waals surface area contributed by atoms with Gasteiger partial charge in [0.2, 0.25) is 0 Å². The molecule has 0 aromatic carbocycles. The van der Waals surface area contributed by atoms with Gasteiger partial charge >= 0.3 is 5.97 Å². The van der Waals surface area contributed by atoms with Crippen LogP contribution in [0.3, 0.4) is 0 Å². The third kappa shape index (κ3) is 3.93. The lowest BCUT2D eigenvalue weighted by Gasteiger charge is -2.27. The Morgan fingerprint density at radius 1 is 1.32 bits per heavy atom. The fourth-order valence-corrected chi connectivity index (χ4v) is 3.01. The monoisotopic (exact) mass is 268 g/mol. The average Bonchev–Trinajstić information content (AvgIpc) is 3.06. The summed E-state index contributed by atoms with van der Waals surface area (Å²) in [6.07, 6.45) is 3.94. The zero-order valence-electron chi connectivity index (χ0n) is 12.5. The number of likely N-dealkylation sites (tertiary alicyclic amines) is 1. The first-order valence-electron chi connectivity index (χ1n) is 7.64. The van der Waals surface area contributed by atoms with Gasteiger partial charge in [-0.15, -0.1) is 0 Å². The minimum absolute atomic E-state index is 0.438. The van der Waals surface area contributed by atoms with E-state index in [4.69, 9.17) is 0 Å². The smallest absolute Gasteiger partial charge is 0.323 e. The number of nitrogens with one attached hydrogen (secondary N) is 1. The highest BCUT2D eigenvalue weighted by molar-refractivity contribution is 5.78. The van der Waals surface area contributed by atoms with Crippen LogP contribution in [0.2, 0.25) is 0 Å². The molecule has 0 spiro atoms. The van der Waals surface area contributed by atoms with E-state index in [1.165, 1.54) is 13.1 Å². The summed E-state index contributed by atoms with van der Waals surface area (Å²) in [5.41, 5.74) is -0.738. The van der Waals surface area contributed by atoms with Gasteiger partial charge in [0, 0.05) is 19.1 Å². The molecule has 1 heterocycles. The number of nitrogens with zero attached hydrogens (tertiary/aromatic N) is 1. The molecule has 19 heavy (non-hydrogen) atoms. The first-order valence-corrected chi connectivity index (χ1v) is 7.64. The molecule has 1 aliphatic heterocycles. The fraction of sp³-hybridized carbons (Fsp3) is 0.933. The van der Waals surface area contributed by atoms with Gasteiger partial charge in [0.15, 0.2) is 0 Å². The van der Waals surface area contributed by atoms with Crippen molar-refractivity contribution in [2.24, 2.45) is 11.8 Å². The number of rotatable bonds is 7. The lowest BCUT2D eigenvalue weighted by molar-refractivity contribution is -0.144. The standard InChI is InChI=1S/C15H28N2O2/c1-11-9-17(10-12(11)2)8-4-7-15(3,14(18)19)16-13-5-6-13/h11-13,16H,4-10H2,1-3H3,(H,18,19). The number of carbonyl (C=O) groups is 1. The van der Waals surface area contributed by atoms with Gasteiger partial charge in [0.25, 0.3) is 0 Å². The van der Waals surface area contributed by atoms with Crippen molar-refractivity contribution in [2.45, 2.75) is 58.0 Å². The van der Waals surface area contributed by atoms with Gasteiger partial charge in [-0.3, -0.25) is 10.1 Å². The molecular weight excluding hydrogens is 240 g/mol. The van der Waals surface area contributed by atoms with E-state index >= 15 is 0 Å². The molecule has 1 saturated carbocycles. The Labute approximate surface area is 116 Å². The Balaban J connectivity index is 1.74. The summed E-state index contributed by atoms with van der Waals surface area (Å²) in [5.74, 6) is 0.841. The van der Waals surface area contributed by atoms with Crippen molar-refractivity contribution in [3.8, 4) is 0 Å². The van der Waals surface area contributed by atoms with Gasteiger partial charge in [-0.05, 0) is 51.0 Å². The highest BCUT2D eigenvalue weighted by atomic mass is 16.4. The quantitative estimate of drug-likeness (QED) is 0.741. The Morgan fingerprint density at radius 2 is 1.89 bits per heavy atom. The Morgan fingerprint density at radius 3 is 2.37 bits per heavy atom. The van der Waals surface area contributed by atoms with Gasteiger partial charge in [0.05, 0.1) is 0 Å². The maximum atomic E-state index is 11.4. The van der Waals surface area contributed by atoms with Crippen molar-refractivity contribution < 1.29 is 9.90 Å². The summed E-state index contributed by atoms with van der Waals surface area (Å²) in [5, 5.41) is 12.7. The molecule has 0 aromatic rings. The maximum Gasteiger partial charge on any atom is 0.323 e. The molecule has 2 fully saturated rings. The molecular formula is C15H28N2O2. The minimum Gasteiger partial charge on any atom is -0.480 e. The Hall–Kier alpha value is -0.610. The summed E-state index contributed by atoms with van der Waals surface area (Å²) in [6, 6.07) is 0.438.